The summed E-state index contributed by atoms with van der Waals surface area (Å²) in [6.45, 7) is 2.62. The summed E-state index contributed by atoms with van der Waals surface area (Å²) >= 11 is 3.34. The van der Waals surface area contributed by atoms with Gasteiger partial charge in [-0.1, -0.05) is 0 Å². The second-order valence-corrected chi connectivity index (χ2v) is 5.81. The first-order valence-corrected chi connectivity index (χ1v) is 7.25. The predicted octanol–water partition coefficient (Wildman–Crippen LogP) is 2.77. The molecule has 0 aromatic heterocycles. The Bertz CT molecular complexity index is 433. The third kappa shape index (κ3) is 3.84. The standard InChI is InChI=1S/C14H20BrNO3/c1-16(9-11-4-3-5-19-11)8-10-6-12(15)14(17)13(7-10)18-2/h6-7,11,17H,3-5,8-9H2,1-2H3. The van der Waals surface area contributed by atoms with E-state index >= 15 is 0 Å². The highest BCUT2D eigenvalue weighted by Crippen LogP contribution is 2.35. The molecule has 1 N–H and O–H groups in total. The van der Waals surface area contributed by atoms with Gasteiger partial charge in [-0.05, 0) is 53.5 Å². The van der Waals surface area contributed by atoms with E-state index in [1.54, 1.807) is 7.11 Å². The van der Waals surface area contributed by atoms with Crippen molar-refractivity contribution in [2.45, 2.75) is 25.5 Å². The maximum atomic E-state index is 9.78. The number of hydrogen-bond acceptors (Lipinski definition) is 4. The minimum atomic E-state index is 0.146. The van der Waals surface area contributed by atoms with Crippen molar-refractivity contribution in [1.29, 1.82) is 0 Å². The Balaban J connectivity index is 1.99. The molecule has 1 aromatic carbocycles. The second-order valence-electron chi connectivity index (χ2n) is 4.96. The molecule has 1 aliphatic heterocycles. The van der Waals surface area contributed by atoms with Gasteiger partial charge in [0, 0.05) is 19.7 Å². The first-order valence-electron chi connectivity index (χ1n) is 6.45. The molecule has 0 saturated carbocycles. The van der Waals surface area contributed by atoms with Crippen molar-refractivity contribution in [1.82, 2.24) is 4.90 Å². The maximum absolute atomic E-state index is 9.78. The van der Waals surface area contributed by atoms with Gasteiger partial charge in [-0.2, -0.15) is 0 Å². The molecule has 0 radical (unpaired) electrons. The van der Waals surface area contributed by atoms with Gasteiger partial charge in [0.2, 0.25) is 0 Å². The van der Waals surface area contributed by atoms with Crippen LogP contribution in [0.25, 0.3) is 0 Å². The van der Waals surface area contributed by atoms with Gasteiger partial charge >= 0.3 is 0 Å². The zero-order chi connectivity index (χ0) is 13.8. The van der Waals surface area contributed by atoms with Gasteiger partial charge in [-0.15, -0.1) is 0 Å². The highest BCUT2D eigenvalue weighted by molar-refractivity contribution is 9.10. The van der Waals surface area contributed by atoms with Gasteiger partial charge in [0.25, 0.3) is 0 Å². The Morgan fingerprint density at radius 2 is 2.32 bits per heavy atom. The molecule has 106 valence electrons. The molecule has 0 spiro atoms. The smallest absolute Gasteiger partial charge is 0.172 e. The van der Waals surface area contributed by atoms with Crippen LogP contribution < -0.4 is 4.74 Å². The van der Waals surface area contributed by atoms with Crippen LogP contribution in [0.4, 0.5) is 0 Å². The molecule has 1 aliphatic rings. The Morgan fingerprint density at radius 1 is 1.53 bits per heavy atom. The number of likely N-dealkylation sites (N-methyl/N-ethyl adjacent to an activating group) is 1. The summed E-state index contributed by atoms with van der Waals surface area (Å²) in [6.07, 6.45) is 2.66. The molecule has 1 aromatic rings. The number of phenolic OH excluding ortho intramolecular Hbond substituents is 1. The summed E-state index contributed by atoms with van der Waals surface area (Å²) < 4.78 is 11.5. The van der Waals surface area contributed by atoms with Crippen molar-refractivity contribution in [2.24, 2.45) is 0 Å². The third-order valence-corrected chi connectivity index (χ3v) is 3.90. The quantitative estimate of drug-likeness (QED) is 0.901. The lowest BCUT2D eigenvalue weighted by molar-refractivity contribution is 0.0793. The zero-order valence-corrected chi connectivity index (χ0v) is 12.9. The summed E-state index contributed by atoms with van der Waals surface area (Å²) in [5.41, 5.74) is 1.10. The molecule has 2 rings (SSSR count). The monoisotopic (exact) mass is 329 g/mol. The minimum absolute atomic E-state index is 0.146. The number of phenols is 1. The number of rotatable bonds is 5. The minimum Gasteiger partial charge on any atom is -0.503 e. The molecular formula is C14H20BrNO3. The lowest BCUT2D eigenvalue weighted by Gasteiger charge is -2.21. The molecule has 1 atom stereocenters. The van der Waals surface area contributed by atoms with Crippen molar-refractivity contribution < 1.29 is 14.6 Å². The van der Waals surface area contributed by atoms with Crippen LogP contribution in [0.2, 0.25) is 0 Å². The summed E-state index contributed by atoms with van der Waals surface area (Å²) in [4.78, 5) is 2.23. The molecule has 19 heavy (non-hydrogen) atoms. The lowest BCUT2D eigenvalue weighted by atomic mass is 10.1. The molecule has 5 heteroatoms. The van der Waals surface area contributed by atoms with Crippen LogP contribution >= 0.6 is 15.9 Å². The van der Waals surface area contributed by atoms with Crippen molar-refractivity contribution in [3.63, 3.8) is 0 Å². The summed E-state index contributed by atoms with van der Waals surface area (Å²) in [7, 11) is 3.64. The van der Waals surface area contributed by atoms with Gasteiger partial charge in [-0.25, -0.2) is 0 Å². The molecule has 0 aliphatic carbocycles. The molecule has 1 fully saturated rings. The van der Waals surface area contributed by atoms with E-state index in [1.807, 2.05) is 12.1 Å². The fourth-order valence-electron chi connectivity index (χ4n) is 2.39. The van der Waals surface area contributed by atoms with Gasteiger partial charge < -0.3 is 14.6 Å². The van der Waals surface area contributed by atoms with Crippen LogP contribution in [0.5, 0.6) is 11.5 Å². The molecule has 1 heterocycles. The largest absolute Gasteiger partial charge is 0.503 e. The fourth-order valence-corrected chi connectivity index (χ4v) is 2.88. The van der Waals surface area contributed by atoms with Crippen LogP contribution in [-0.4, -0.2) is 43.4 Å². The average molecular weight is 330 g/mol. The first-order chi connectivity index (χ1) is 9.10. The third-order valence-electron chi connectivity index (χ3n) is 3.30. The van der Waals surface area contributed by atoms with E-state index in [2.05, 4.69) is 27.9 Å². The normalized spacial score (nSPS) is 19.1. The van der Waals surface area contributed by atoms with Gasteiger partial charge in [0.1, 0.15) is 0 Å². The van der Waals surface area contributed by atoms with Crippen LogP contribution in [0, 0.1) is 0 Å². The highest BCUT2D eigenvalue weighted by atomic mass is 79.9. The van der Waals surface area contributed by atoms with Crippen molar-refractivity contribution in [2.75, 3.05) is 27.3 Å². The zero-order valence-electron chi connectivity index (χ0n) is 11.4. The maximum Gasteiger partial charge on any atom is 0.172 e. The number of hydrogen-bond donors (Lipinski definition) is 1. The summed E-state index contributed by atoms with van der Waals surface area (Å²) in [5, 5.41) is 9.78. The molecular weight excluding hydrogens is 310 g/mol. The average Bonchev–Trinajstić information content (AvgIpc) is 2.86. The number of aromatic hydroxyl groups is 1. The molecule has 1 unspecified atom stereocenters. The number of ether oxygens (including phenoxy) is 2. The van der Waals surface area contributed by atoms with E-state index in [0.717, 1.165) is 38.1 Å². The predicted molar refractivity (Wildman–Crippen MR) is 77.7 cm³/mol. The fraction of sp³-hybridized carbons (Fsp3) is 0.571. The Morgan fingerprint density at radius 3 is 2.95 bits per heavy atom. The number of methoxy groups -OCH3 is 1. The second kappa shape index (κ2) is 6.59. The SMILES string of the molecule is COc1cc(CN(C)CC2CCCO2)cc(Br)c1O. The highest BCUT2D eigenvalue weighted by Gasteiger charge is 2.18. The number of nitrogens with zero attached hydrogens (tertiary/aromatic N) is 1. The first kappa shape index (κ1) is 14.6. The molecule has 4 nitrogen and oxygen atoms in total. The molecule has 0 bridgehead atoms. The van der Waals surface area contributed by atoms with E-state index < -0.39 is 0 Å². The van der Waals surface area contributed by atoms with E-state index in [9.17, 15) is 5.11 Å². The van der Waals surface area contributed by atoms with Crippen LogP contribution in [0.15, 0.2) is 16.6 Å². The van der Waals surface area contributed by atoms with Crippen LogP contribution in [-0.2, 0) is 11.3 Å². The van der Waals surface area contributed by atoms with Gasteiger partial charge in [0.05, 0.1) is 17.7 Å². The van der Waals surface area contributed by atoms with Crippen molar-refractivity contribution in [3.8, 4) is 11.5 Å². The van der Waals surface area contributed by atoms with E-state index in [1.165, 1.54) is 0 Å². The Kier molecular flexibility index (Phi) is 5.07. The van der Waals surface area contributed by atoms with Crippen LogP contribution in [0.1, 0.15) is 18.4 Å². The Hall–Kier alpha value is -0.780. The number of halogens is 1. The van der Waals surface area contributed by atoms with E-state index in [-0.39, 0.29) is 5.75 Å². The van der Waals surface area contributed by atoms with E-state index in [0.29, 0.717) is 16.3 Å². The molecule has 1 saturated heterocycles. The van der Waals surface area contributed by atoms with Crippen LogP contribution in [0.3, 0.4) is 0 Å². The topological polar surface area (TPSA) is 41.9 Å². The lowest BCUT2D eigenvalue weighted by Crippen LogP contribution is -2.28. The molecule has 0 amide bonds. The Labute approximate surface area is 122 Å². The van der Waals surface area contributed by atoms with Gasteiger partial charge in [-0.3, -0.25) is 4.90 Å². The van der Waals surface area contributed by atoms with E-state index in [4.69, 9.17) is 9.47 Å². The summed E-state index contributed by atoms with van der Waals surface area (Å²) in [6, 6.07) is 3.79. The van der Waals surface area contributed by atoms with Crippen molar-refractivity contribution in [3.05, 3.63) is 22.2 Å². The summed E-state index contributed by atoms with van der Waals surface area (Å²) in [5.74, 6) is 0.642. The van der Waals surface area contributed by atoms with Crippen molar-refractivity contribution >= 4 is 15.9 Å². The number of benzene rings is 1. The van der Waals surface area contributed by atoms with Gasteiger partial charge in [0.15, 0.2) is 11.5 Å².